The Bertz CT molecular complexity index is 634. The van der Waals surface area contributed by atoms with E-state index in [1.54, 1.807) is 0 Å². The average Bonchev–Trinajstić information content (AvgIpc) is 2.67. The van der Waals surface area contributed by atoms with Crippen LogP contribution in [0.1, 0.15) is 29.5 Å². The molecule has 2 aromatic rings. The van der Waals surface area contributed by atoms with Gasteiger partial charge in [0.05, 0.1) is 0 Å². The van der Waals surface area contributed by atoms with Crippen LogP contribution in [0.3, 0.4) is 0 Å². The second-order valence-electron chi connectivity index (χ2n) is 3.82. The van der Waals surface area contributed by atoms with E-state index in [1.165, 1.54) is 0 Å². The number of carboxylic acid groups (broad SMARTS) is 1. The second-order valence-corrected chi connectivity index (χ2v) is 4.68. The van der Waals surface area contributed by atoms with Gasteiger partial charge < -0.3 is 9.52 Å². The van der Waals surface area contributed by atoms with Gasteiger partial charge in [-0.25, -0.2) is 9.18 Å². The molecule has 0 fully saturated rings. The van der Waals surface area contributed by atoms with Crippen molar-refractivity contribution in [1.82, 2.24) is 0 Å². The summed E-state index contributed by atoms with van der Waals surface area (Å²) in [6.45, 7) is 1.86. The lowest BCUT2D eigenvalue weighted by Crippen LogP contribution is -1.98. The van der Waals surface area contributed by atoms with E-state index in [-0.39, 0.29) is 21.2 Å². The number of furan rings is 1. The van der Waals surface area contributed by atoms with Crippen molar-refractivity contribution in [1.29, 1.82) is 0 Å². The van der Waals surface area contributed by atoms with E-state index in [1.807, 2.05) is 6.92 Å². The van der Waals surface area contributed by atoms with Gasteiger partial charge in [-0.2, -0.15) is 4.39 Å². The monoisotopic (exact) mass is 318 g/mol. The molecule has 0 spiro atoms. The van der Waals surface area contributed by atoms with Crippen molar-refractivity contribution in [2.45, 2.75) is 19.8 Å². The molecule has 0 radical (unpaired) electrons. The first-order valence-electron chi connectivity index (χ1n) is 5.29. The van der Waals surface area contributed by atoms with Gasteiger partial charge in [-0.3, -0.25) is 0 Å². The Kier molecular flexibility index (Phi) is 3.38. The number of hydrogen-bond donors (Lipinski definition) is 1. The fourth-order valence-corrected chi connectivity index (χ4v) is 2.51. The molecular weight excluding hydrogens is 310 g/mol. The van der Waals surface area contributed by atoms with Crippen LogP contribution in [0.2, 0.25) is 0 Å². The number of rotatable bonds is 3. The normalized spacial score (nSPS) is 11.1. The zero-order chi connectivity index (χ0) is 13.4. The molecule has 0 atom stereocenters. The van der Waals surface area contributed by atoms with Crippen molar-refractivity contribution in [3.8, 4) is 0 Å². The minimum atomic E-state index is -1.29. The van der Waals surface area contributed by atoms with E-state index < -0.39 is 17.6 Å². The van der Waals surface area contributed by atoms with Gasteiger partial charge in [0.1, 0.15) is 0 Å². The molecule has 0 unspecified atom stereocenters. The standard InChI is InChI=1S/C12H9BrF2O3/c1-2-3-5-8-6(13)4-7(14)9(15)11(8)18-10(5)12(16)17/h4H,2-3H2,1H3,(H,16,17). The van der Waals surface area contributed by atoms with Gasteiger partial charge in [-0.15, -0.1) is 0 Å². The third kappa shape index (κ3) is 1.90. The molecule has 3 nitrogen and oxygen atoms in total. The van der Waals surface area contributed by atoms with Crippen molar-refractivity contribution in [3.05, 3.63) is 33.5 Å². The van der Waals surface area contributed by atoms with Crippen molar-refractivity contribution in [2.75, 3.05) is 0 Å². The maximum absolute atomic E-state index is 13.6. The Morgan fingerprint density at radius 2 is 2.17 bits per heavy atom. The SMILES string of the molecule is CCCc1c(C(=O)O)oc2c(F)c(F)cc(Br)c12. The maximum Gasteiger partial charge on any atom is 0.372 e. The quantitative estimate of drug-likeness (QED) is 0.866. The molecule has 1 N–H and O–H groups in total. The topological polar surface area (TPSA) is 50.4 Å². The van der Waals surface area contributed by atoms with Gasteiger partial charge >= 0.3 is 5.97 Å². The highest BCUT2D eigenvalue weighted by Crippen LogP contribution is 2.35. The number of aryl methyl sites for hydroxylation is 1. The lowest BCUT2D eigenvalue weighted by molar-refractivity contribution is 0.0663. The smallest absolute Gasteiger partial charge is 0.372 e. The zero-order valence-corrected chi connectivity index (χ0v) is 11.0. The molecule has 0 saturated carbocycles. The van der Waals surface area contributed by atoms with Crippen LogP contribution < -0.4 is 0 Å². The van der Waals surface area contributed by atoms with Gasteiger partial charge in [0.2, 0.25) is 11.6 Å². The molecule has 0 saturated heterocycles. The highest BCUT2D eigenvalue weighted by molar-refractivity contribution is 9.10. The molecule has 0 aliphatic carbocycles. The van der Waals surface area contributed by atoms with Gasteiger partial charge in [-0.1, -0.05) is 13.3 Å². The highest BCUT2D eigenvalue weighted by atomic mass is 79.9. The van der Waals surface area contributed by atoms with E-state index in [0.29, 0.717) is 18.4 Å². The summed E-state index contributed by atoms with van der Waals surface area (Å²) in [5.74, 6) is -3.88. The minimum Gasteiger partial charge on any atom is -0.475 e. The fourth-order valence-electron chi connectivity index (χ4n) is 1.89. The molecule has 2 rings (SSSR count). The van der Waals surface area contributed by atoms with Crippen LogP contribution >= 0.6 is 15.9 Å². The van der Waals surface area contributed by atoms with E-state index in [9.17, 15) is 13.6 Å². The van der Waals surface area contributed by atoms with E-state index in [0.717, 1.165) is 6.07 Å². The van der Waals surface area contributed by atoms with Gasteiger partial charge in [0.15, 0.2) is 11.4 Å². The Morgan fingerprint density at radius 1 is 1.50 bits per heavy atom. The molecule has 0 bridgehead atoms. The summed E-state index contributed by atoms with van der Waals surface area (Å²) in [5, 5.41) is 9.30. The lowest BCUT2D eigenvalue weighted by Gasteiger charge is -2.00. The van der Waals surface area contributed by atoms with Crippen LogP contribution in [-0.4, -0.2) is 11.1 Å². The molecule has 18 heavy (non-hydrogen) atoms. The molecule has 0 aliphatic heterocycles. The lowest BCUT2D eigenvalue weighted by atomic mass is 10.1. The molecule has 1 aromatic heterocycles. The summed E-state index contributed by atoms with van der Waals surface area (Å²) in [5.41, 5.74) is 0.0218. The summed E-state index contributed by atoms with van der Waals surface area (Å²) in [6, 6.07) is 0.970. The van der Waals surface area contributed by atoms with Gasteiger partial charge in [0.25, 0.3) is 0 Å². The van der Waals surface area contributed by atoms with Crippen molar-refractivity contribution < 1.29 is 23.1 Å². The molecule has 0 aliphatic rings. The van der Waals surface area contributed by atoms with Crippen molar-refractivity contribution >= 4 is 32.9 Å². The van der Waals surface area contributed by atoms with E-state index in [2.05, 4.69) is 15.9 Å². The number of hydrogen-bond acceptors (Lipinski definition) is 2. The molecule has 1 heterocycles. The Morgan fingerprint density at radius 3 is 2.72 bits per heavy atom. The average molecular weight is 319 g/mol. The molecule has 1 aromatic carbocycles. The summed E-state index contributed by atoms with van der Waals surface area (Å²) < 4.78 is 32.1. The first-order valence-corrected chi connectivity index (χ1v) is 6.08. The predicted octanol–water partition coefficient (Wildman–Crippen LogP) is 4.12. The largest absolute Gasteiger partial charge is 0.475 e. The number of benzene rings is 1. The molecule has 0 amide bonds. The maximum atomic E-state index is 13.6. The second kappa shape index (κ2) is 4.68. The van der Waals surface area contributed by atoms with Gasteiger partial charge in [-0.05, 0) is 28.4 Å². The number of halogens is 3. The summed E-state index contributed by atoms with van der Waals surface area (Å²) >= 11 is 3.11. The van der Waals surface area contributed by atoms with Gasteiger partial charge in [0, 0.05) is 15.4 Å². The van der Waals surface area contributed by atoms with Crippen molar-refractivity contribution in [3.63, 3.8) is 0 Å². The Balaban J connectivity index is 2.89. The molecule has 6 heteroatoms. The highest BCUT2D eigenvalue weighted by Gasteiger charge is 2.25. The van der Waals surface area contributed by atoms with Crippen LogP contribution in [0, 0.1) is 11.6 Å². The van der Waals surface area contributed by atoms with E-state index >= 15 is 0 Å². The number of aromatic carboxylic acids is 1. The minimum absolute atomic E-state index is 0.285. The Hall–Kier alpha value is -1.43. The Labute approximate surface area is 110 Å². The summed E-state index contributed by atoms with van der Waals surface area (Å²) in [6.07, 6.45) is 1.08. The van der Waals surface area contributed by atoms with E-state index in [4.69, 9.17) is 9.52 Å². The van der Waals surface area contributed by atoms with Crippen molar-refractivity contribution in [2.24, 2.45) is 0 Å². The van der Waals surface area contributed by atoms with Crippen LogP contribution in [0.15, 0.2) is 15.0 Å². The third-order valence-electron chi connectivity index (χ3n) is 2.60. The molecular formula is C12H9BrF2O3. The first kappa shape index (κ1) is 13.0. The number of fused-ring (bicyclic) bond motifs is 1. The van der Waals surface area contributed by atoms with Crippen LogP contribution in [-0.2, 0) is 6.42 Å². The van der Waals surface area contributed by atoms with Crippen LogP contribution in [0.5, 0.6) is 0 Å². The first-order chi connectivity index (χ1) is 8.47. The third-order valence-corrected chi connectivity index (χ3v) is 3.23. The predicted molar refractivity (Wildman–Crippen MR) is 64.8 cm³/mol. The van der Waals surface area contributed by atoms with Crippen LogP contribution in [0.25, 0.3) is 11.0 Å². The summed E-state index contributed by atoms with van der Waals surface area (Å²) in [4.78, 5) is 11.0. The summed E-state index contributed by atoms with van der Waals surface area (Å²) in [7, 11) is 0. The molecule has 96 valence electrons. The number of carbonyl (C=O) groups is 1. The fraction of sp³-hybridized carbons (Fsp3) is 0.250. The zero-order valence-electron chi connectivity index (χ0n) is 9.39. The number of carboxylic acids is 1. The van der Waals surface area contributed by atoms with Crippen LogP contribution in [0.4, 0.5) is 8.78 Å².